The minimum atomic E-state index is -3.15. The number of anilines is 3. The molecule has 11 heteroatoms. The van der Waals surface area contributed by atoms with E-state index in [-0.39, 0.29) is 6.03 Å². The fourth-order valence-electron chi connectivity index (χ4n) is 3.78. The SMILES string of the molecule is CS(=O)(=O)N1CCN(c2ccc(NC(=O)N3CCN(c4ccccn4)CC3)cn2)CC1. The molecule has 166 valence electrons. The number of urea groups is 1. The Morgan fingerprint density at radius 2 is 1.52 bits per heavy atom. The van der Waals surface area contributed by atoms with Gasteiger partial charge in [-0.1, -0.05) is 6.07 Å². The molecule has 10 nitrogen and oxygen atoms in total. The van der Waals surface area contributed by atoms with Crippen LogP contribution in [0.1, 0.15) is 0 Å². The topological polar surface area (TPSA) is 102 Å². The van der Waals surface area contributed by atoms with Gasteiger partial charge in [0.05, 0.1) is 18.1 Å². The molecular formula is C20H27N7O3S. The molecule has 2 amide bonds. The van der Waals surface area contributed by atoms with Gasteiger partial charge in [0.1, 0.15) is 11.6 Å². The maximum absolute atomic E-state index is 12.6. The van der Waals surface area contributed by atoms with Crippen LogP contribution < -0.4 is 15.1 Å². The van der Waals surface area contributed by atoms with Crippen molar-refractivity contribution in [3.8, 4) is 0 Å². The zero-order valence-electron chi connectivity index (χ0n) is 17.5. The van der Waals surface area contributed by atoms with Gasteiger partial charge in [-0.15, -0.1) is 0 Å². The van der Waals surface area contributed by atoms with Gasteiger partial charge in [0.2, 0.25) is 10.0 Å². The van der Waals surface area contributed by atoms with Crippen LogP contribution in [0.5, 0.6) is 0 Å². The summed E-state index contributed by atoms with van der Waals surface area (Å²) < 4.78 is 24.8. The normalized spacial score (nSPS) is 18.2. The maximum atomic E-state index is 12.6. The van der Waals surface area contributed by atoms with Crippen molar-refractivity contribution in [3.05, 3.63) is 42.7 Å². The highest BCUT2D eigenvalue weighted by atomic mass is 32.2. The fraction of sp³-hybridized carbons (Fsp3) is 0.450. The smallest absolute Gasteiger partial charge is 0.322 e. The van der Waals surface area contributed by atoms with Crippen molar-refractivity contribution in [3.63, 3.8) is 0 Å². The average molecular weight is 446 g/mol. The number of piperazine rings is 2. The van der Waals surface area contributed by atoms with E-state index in [1.807, 2.05) is 35.2 Å². The lowest BCUT2D eigenvalue weighted by molar-refractivity contribution is 0.208. The Kier molecular flexibility index (Phi) is 6.23. The van der Waals surface area contributed by atoms with Gasteiger partial charge in [0.25, 0.3) is 0 Å². The van der Waals surface area contributed by atoms with E-state index in [9.17, 15) is 13.2 Å². The Morgan fingerprint density at radius 1 is 0.871 bits per heavy atom. The van der Waals surface area contributed by atoms with Gasteiger partial charge in [-0.05, 0) is 24.3 Å². The van der Waals surface area contributed by atoms with E-state index in [4.69, 9.17) is 0 Å². The maximum Gasteiger partial charge on any atom is 0.322 e. The Bertz CT molecular complexity index is 985. The molecule has 31 heavy (non-hydrogen) atoms. The number of carbonyl (C=O) groups is 1. The number of aromatic nitrogens is 2. The summed E-state index contributed by atoms with van der Waals surface area (Å²) >= 11 is 0. The van der Waals surface area contributed by atoms with Crippen LogP contribution in [0.3, 0.4) is 0 Å². The number of hydrogen-bond donors (Lipinski definition) is 1. The molecule has 2 aliphatic heterocycles. The molecule has 0 saturated carbocycles. The van der Waals surface area contributed by atoms with Gasteiger partial charge < -0.3 is 20.0 Å². The zero-order valence-corrected chi connectivity index (χ0v) is 18.3. The first kappa shape index (κ1) is 21.3. The lowest BCUT2D eigenvalue weighted by Gasteiger charge is -2.35. The average Bonchev–Trinajstić information content (AvgIpc) is 2.80. The molecule has 4 heterocycles. The van der Waals surface area contributed by atoms with Crippen LogP contribution >= 0.6 is 0 Å². The number of hydrogen-bond acceptors (Lipinski definition) is 7. The second-order valence-corrected chi connectivity index (χ2v) is 9.63. The minimum Gasteiger partial charge on any atom is -0.354 e. The largest absolute Gasteiger partial charge is 0.354 e. The number of amides is 2. The number of nitrogens with one attached hydrogen (secondary N) is 1. The van der Waals surface area contributed by atoms with Crippen molar-refractivity contribution in [2.75, 3.05) is 73.7 Å². The highest BCUT2D eigenvalue weighted by Crippen LogP contribution is 2.18. The Balaban J connectivity index is 1.27. The summed E-state index contributed by atoms with van der Waals surface area (Å²) in [7, 11) is -3.15. The Hall–Kier alpha value is -2.92. The second kappa shape index (κ2) is 9.06. The van der Waals surface area contributed by atoms with E-state index >= 15 is 0 Å². The summed E-state index contributed by atoms with van der Waals surface area (Å²) in [5, 5.41) is 2.91. The molecule has 2 fully saturated rings. The predicted octanol–water partition coefficient (Wildman–Crippen LogP) is 0.912. The molecule has 2 aromatic rings. The van der Waals surface area contributed by atoms with Crippen molar-refractivity contribution < 1.29 is 13.2 Å². The standard InChI is InChI=1S/C20H27N7O3S/c1-31(29,30)27-14-12-25(13-15-27)19-6-5-17(16-22-19)23-20(28)26-10-8-24(9-11-26)18-4-2-3-7-21-18/h2-7,16H,8-15H2,1H3,(H,23,28). The summed E-state index contributed by atoms with van der Waals surface area (Å²) in [6.07, 6.45) is 4.65. The van der Waals surface area contributed by atoms with Gasteiger partial charge in [-0.3, -0.25) is 0 Å². The molecule has 0 bridgehead atoms. The molecule has 2 aromatic heterocycles. The third kappa shape index (κ3) is 5.23. The monoisotopic (exact) mass is 445 g/mol. The summed E-state index contributed by atoms with van der Waals surface area (Å²) in [6, 6.07) is 9.37. The molecule has 4 rings (SSSR count). The number of carbonyl (C=O) groups excluding carboxylic acids is 1. The van der Waals surface area contributed by atoms with Gasteiger partial charge >= 0.3 is 6.03 Å². The van der Waals surface area contributed by atoms with Crippen LogP contribution in [0.25, 0.3) is 0 Å². The van der Waals surface area contributed by atoms with Crippen LogP contribution in [-0.2, 0) is 10.0 Å². The van der Waals surface area contributed by atoms with E-state index in [1.54, 1.807) is 17.3 Å². The summed E-state index contributed by atoms with van der Waals surface area (Å²) in [6.45, 7) is 4.80. The van der Waals surface area contributed by atoms with Crippen molar-refractivity contribution in [1.82, 2.24) is 19.2 Å². The third-order valence-corrected chi connectivity index (χ3v) is 6.87. The third-order valence-electron chi connectivity index (χ3n) is 5.57. The zero-order chi connectivity index (χ0) is 21.8. The van der Waals surface area contributed by atoms with Gasteiger partial charge in [-0.25, -0.2) is 23.2 Å². The second-order valence-electron chi connectivity index (χ2n) is 7.65. The van der Waals surface area contributed by atoms with Crippen molar-refractivity contribution in [2.24, 2.45) is 0 Å². The molecule has 2 aliphatic rings. The van der Waals surface area contributed by atoms with Crippen LogP contribution in [0.2, 0.25) is 0 Å². The number of nitrogens with zero attached hydrogens (tertiary/aromatic N) is 6. The fourth-order valence-corrected chi connectivity index (χ4v) is 4.60. The molecule has 0 unspecified atom stereocenters. The van der Waals surface area contributed by atoms with Crippen LogP contribution in [0.15, 0.2) is 42.7 Å². The molecule has 2 saturated heterocycles. The van der Waals surface area contributed by atoms with E-state index in [1.165, 1.54) is 10.6 Å². The highest BCUT2D eigenvalue weighted by molar-refractivity contribution is 7.88. The molecule has 0 spiro atoms. The lowest BCUT2D eigenvalue weighted by Crippen LogP contribution is -2.50. The summed E-state index contributed by atoms with van der Waals surface area (Å²) in [5.41, 5.74) is 0.635. The minimum absolute atomic E-state index is 0.142. The van der Waals surface area contributed by atoms with Crippen molar-refractivity contribution >= 4 is 33.4 Å². The summed E-state index contributed by atoms with van der Waals surface area (Å²) in [4.78, 5) is 27.4. The van der Waals surface area contributed by atoms with E-state index in [0.29, 0.717) is 45.0 Å². The molecule has 0 atom stereocenters. The quantitative estimate of drug-likeness (QED) is 0.746. The number of pyridine rings is 2. The lowest BCUT2D eigenvalue weighted by atomic mass is 10.3. The first-order chi connectivity index (χ1) is 14.9. The van der Waals surface area contributed by atoms with Crippen molar-refractivity contribution in [1.29, 1.82) is 0 Å². The molecule has 1 N–H and O–H groups in total. The van der Waals surface area contributed by atoms with Crippen LogP contribution in [0.4, 0.5) is 22.1 Å². The van der Waals surface area contributed by atoms with Gasteiger partial charge in [0.15, 0.2) is 0 Å². The highest BCUT2D eigenvalue weighted by Gasteiger charge is 2.24. The van der Waals surface area contributed by atoms with E-state index < -0.39 is 10.0 Å². The molecule has 0 aromatic carbocycles. The van der Waals surface area contributed by atoms with Gasteiger partial charge in [-0.2, -0.15) is 4.31 Å². The Morgan fingerprint density at radius 3 is 2.06 bits per heavy atom. The molecule has 0 radical (unpaired) electrons. The van der Waals surface area contributed by atoms with E-state index in [0.717, 1.165) is 24.7 Å². The number of sulfonamides is 1. The first-order valence-electron chi connectivity index (χ1n) is 10.3. The van der Waals surface area contributed by atoms with Crippen LogP contribution in [0, 0.1) is 0 Å². The summed E-state index contributed by atoms with van der Waals surface area (Å²) in [5.74, 6) is 1.70. The van der Waals surface area contributed by atoms with Crippen molar-refractivity contribution in [2.45, 2.75) is 0 Å². The molecular weight excluding hydrogens is 418 g/mol. The Labute approximate surface area is 182 Å². The van der Waals surface area contributed by atoms with E-state index in [2.05, 4.69) is 20.2 Å². The number of rotatable bonds is 4. The predicted molar refractivity (Wildman–Crippen MR) is 120 cm³/mol. The van der Waals surface area contributed by atoms with Crippen LogP contribution in [-0.4, -0.2) is 92.2 Å². The molecule has 0 aliphatic carbocycles. The first-order valence-corrected chi connectivity index (χ1v) is 12.1. The van der Waals surface area contributed by atoms with Gasteiger partial charge in [0, 0.05) is 58.6 Å².